The number of fused-ring (bicyclic) bond motifs is 1. The van der Waals surface area contributed by atoms with Gasteiger partial charge in [-0.05, 0) is 36.1 Å². The van der Waals surface area contributed by atoms with Crippen LogP contribution in [0.3, 0.4) is 0 Å². The summed E-state index contributed by atoms with van der Waals surface area (Å²) in [6, 6.07) is 5.65. The Labute approximate surface area is 104 Å². The molecule has 1 nitrogen and oxygen atoms in total. The van der Waals surface area contributed by atoms with E-state index in [0.717, 1.165) is 11.1 Å². The van der Waals surface area contributed by atoms with Gasteiger partial charge in [0.25, 0.3) is 0 Å². The molecule has 1 aromatic heterocycles. The fourth-order valence-corrected chi connectivity index (χ4v) is 2.05. The maximum absolute atomic E-state index is 12.8. The van der Waals surface area contributed by atoms with Crippen molar-refractivity contribution < 1.29 is 13.2 Å². The molecule has 0 saturated carbocycles. The fraction of sp³-hybridized carbons (Fsp3) is 0.429. The second-order valence-electron chi connectivity index (χ2n) is 4.97. The predicted molar refractivity (Wildman–Crippen MR) is 66.9 cm³/mol. The Morgan fingerprint density at radius 1 is 1.11 bits per heavy atom. The average molecular weight is 255 g/mol. The van der Waals surface area contributed by atoms with Crippen LogP contribution in [-0.4, -0.2) is 11.2 Å². The number of benzene rings is 1. The summed E-state index contributed by atoms with van der Waals surface area (Å²) in [5, 5.41) is 0.672. The molecule has 0 spiro atoms. The lowest BCUT2D eigenvalue weighted by Crippen LogP contribution is -2.17. The second-order valence-corrected chi connectivity index (χ2v) is 4.97. The first-order valence-corrected chi connectivity index (χ1v) is 5.98. The first-order chi connectivity index (χ1) is 8.30. The number of alkyl halides is 3. The molecular formula is C14H16F3N. The van der Waals surface area contributed by atoms with Crippen molar-refractivity contribution in [2.45, 2.75) is 38.8 Å². The van der Waals surface area contributed by atoms with E-state index in [1.807, 2.05) is 32.0 Å². The summed E-state index contributed by atoms with van der Waals surface area (Å²) in [6.07, 6.45) is -2.74. The van der Waals surface area contributed by atoms with Gasteiger partial charge in [0.2, 0.25) is 0 Å². The third-order valence-electron chi connectivity index (χ3n) is 3.36. The van der Waals surface area contributed by atoms with Gasteiger partial charge in [-0.2, -0.15) is 13.2 Å². The third-order valence-corrected chi connectivity index (χ3v) is 3.36. The van der Waals surface area contributed by atoms with Crippen LogP contribution in [0.15, 0.2) is 24.4 Å². The Morgan fingerprint density at radius 2 is 1.78 bits per heavy atom. The average Bonchev–Trinajstić information content (AvgIpc) is 2.68. The number of aromatic nitrogens is 1. The Bertz CT molecular complexity index is 552. The van der Waals surface area contributed by atoms with E-state index >= 15 is 0 Å². The molecule has 0 aliphatic carbocycles. The minimum absolute atomic E-state index is 0.304. The van der Waals surface area contributed by atoms with Crippen molar-refractivity contribution >= 4 is 10.9 Å². The molecule has 0 saturated heterocycles. The Balaban J connectivity index is 2.55. The SMILES string of the molecule is CC(C)c1ccc2[nH]cc(C(C)C(F)(F)F)c2c1. The van der Waals surface area contributed by atoms with Gasteiger partial charge in [0.15, 0.2) is 0 Å². The zero-order chi connectivity index (χ0) is 13.5. The van der Waals surface area contributed by atoms with Gasteiger partial charge in [-0.25, -0.2) is 0 Å². The number of H-pyrrole nitrogens is 1. The van der Waals surface area contributed by atoms with Crippen LogP contribution in [0.5, 0.6) is 0 Å². The lowest BCUT2D eigenvalue weighted by Gasteiger charge is -2.15. The quantitative estimate of drug-likeness (QED) is 0.780. The molecule has 18 heavy (non-hydrogen) atoms. The largest absolute Gasteiger partial charge is 0.395 e. The molecule has 0 radical (unpaired) electrons. The maximum atomic E-state index is 12.8. The monoisotopic (exact) mass is 255 g/mol. The molecule has 0 aliphatic heterocycles. The van der Waals surface area contributed by atoms with E-state index in [2.05, 4.69) is 4.98 Å². The fourth-order valence-electron chi connectivity index (χ4n) is 2.05. The normalized spacial score (nSPS) is 14.4. The maximum Gasteiger partial charge on any atom is 0.395 e. The smallest absolute Gasteiger partial charge is 0.361 e. The molecule has 0 fully saturated rings. The highest BCUT2D eigenvalue weighted by Crippen LogP contribution is 2.38. The summed E-state index contributed by atoms with van der Waals surface area (Å²) >= 11 is 0. The molecule has 2 aromatic rings. The number of rotatable bonds is 2. The Hall–Kier alpha value is -1.45. The van der Waals surface area contributed by atoms with E-state index in [9.17, 15) is 13.2 Å². The highest BCUT2D eigenvalue weighted by molar-refractivity contribution is 5.84. The van der Waals surface area contributed by atoms with Gasteiger partial charge in [0.05, 0.1) is 5.92 Å². The van der Waals surface area contributed by atoms with Crippen molar-refractivity contribution in [1.82, 2.24) is 4.98 Å². The minimum atomic E-state index is -4.21. The first-order valence-electron chi connectivity index (χ1n) is 5.98. The summed E-state index contributed by atoms with van der Waals surface area (Å²) in [5.74, 6) is -1.15. The Kier molecular flexibility index (Phi) is 3.13. The van der Waals surface area contributed by atoms with Crippen molar-refractivity contribution in [2.75, 3.05) is 0 Å². The van der Waals surface area contributed by atoms with Crippen LogP contribution in [0, 0.1) is 0 Å². The van der Waals surface area contributed by atoms with Crippen LogP contribution < -0.4 is 0 Å². The highest BCUT2D eigenvalue weighted by Gasteiger charge is 2.38. The summed E-state index contributed by atoms with van der Waals surface area (Å²) in [6.45, 7) is 5.26. The van der Waals surface area contributed by atoms with Gasteiger partial charge >= 0.3 is 6.18 Å². The predicted octanol–water partition coefficient (Wildman–Crippen LogP) is 4.96. The summed E-state index contributed by atoms with van der Waals surface area (Å²) in [7, 11) is 0. The molecular weight excluding hydrogens is 239 g/mol. The van der Waals surface area contributed by atoms with Crippen molar-refractivity contribution in [3.05, 3.63) is 35.5 Å². The van der Waals surface area contributed by atoms with Crippen LogP contribution in [-0.2, 0) is 0 Å². The molecule has 1 atom stereocenters. The molecule has 1 aromatic carbocycles. The zero-order valence-corrected chi connectivity index (χ0v) is 10.6. The molecule has 0 bridgehead atoms. The van der Waals surface area contributed by atoms with Crippen LogP contribution >= 0.6 is 0 Å². The van der Waals surface area contributed by atoms with Crippen molar-refractivity contribution in [2.24, 2.45) is 0 Å². The number of aromatic amines is 1. The van der Waals surface area contributed by atoms with Gasteiger partial charge in [0, 0.05) is 17.1 Å². The summed E-state index contributed by atoms with van der Waals surface area (Å²) < 4.78 is 38.4. The summed E-state index contributed by atoms with van der Waals surface area (Å²) in [4.78, 5) is 2.91. The van der Waals surface area contributed by atoms with Gasteiger partial charge in [-0.1, -0.05) is 19.9 Å². The molecule has 4 heteroatoms. The van der Waals surface area contributed by atoms with Gasteiger partial charge in [-0.15, -0.1) is 0 Å². The van der Waals surface area contributed by atoms with E-state index in [1.54, 1.807) is 0 Å². The van der Waals surface area contributed by atoms with Gasteiger partial charge in [-0.3, -0.25) is 0 Å². The molecule has 1 heterocycles. The molecule has 1 N–H and O–H groups in total. The molecule has 98 valence electrons. The molecule has 0 amide bonds. The van der Waals surface area contributed by atoms with E-state index in [4.69, 9.17) is 0 Å². The van der Waals surface area contributed by atoms with Crippen LogP contribution in [0.4, 0.5) is 13.2 Å². The standard InChI is InChI=1S/C14H16F3N/c1-8(2)10-4-5-13-11(6-10)12(7-18-13)9(3)14(15,16)17/h4-9,18H,1-3H3. The molecule has 2 rings (SSSR count). The minimum Gasteiger partial charge on any atom is -0.361 e. The highest BCUT2D eigenvalue weighted by atomic mass is 19.4. The number of hydrogen-bond donors (Lipinski definition) is 1. The second kappa shape index (κ2) is 4.34. The lowest BCUT2D eigenvalue weighted by molar-refractivity contribution is -0.146. The molecule has 1 unspecified atom stereocenters. The van der Waals surface area contributed by atoms with E-state index in [-0.39, 0.29) is 0 Å². The van der Waals surface area contributed by atoms with Crippen molar-refractivity contribution in [1.29, 1.82) is 0 Å². The molecule has 0 aliphatic rings. The van der Waals surface area contributed by atoms with Crippen LogP contribution in [0.2, 0.25) is 0 Å². The van der Waals surface area contributed by atoms with Crippen molar-refractivity contribution in [3.8, 4) is 0 Å². The Morgan fingerprint density at radius 3 is 2.33 bits per heavy atom. The van der Waals surface area contributed by atoms with Gasteiger partial charge < -0.3 is 4.98 Å². The van der Waals surface area contributed by atoms with Crippen molar-refractivity contribution in [3.63, 3.8) is 0 Å². The van der Waals surface area contributed by atoms with Crippen LogP contribution in [0.25, 0.3) is 10.9 Å². The lowest BCUT2D eigenvalue weighted by atomic mass is 9.96. The van der Waals surface area contributed by atoms with Crippen LogP contribution in [0.1, 0.15) is 43.7 Å². The van der Waals surface area contributed by atoms with Gasteiger partial charge in [0.1, 0.15) is 0 Å². The summed E-state index contributed by atoms with van der Waals surface area (Å²) in [5.41, 5.74) is 2.13. The third kappa shape index (κ3) is 2.24. The zero-order valence-electron chi connectivity index (χ0n) is 10.6. The number of halogens is 3. The van der Waals surface area contributed by atoms with E-state index < -0.39 is 12.1 Å². The topological polar surface area (TPSA) is 15.8 Å². The van der Waals surface area contributed by atoms with E-state index in [1.165, 1.54) is 13.1 Å². The van der Waals surface area contributed by atoms with E-state index in [0.29, 0.717) is 16.9 Å². The first kappa shape index (κ1) is 13.0. The number of nitrogens with one attached hydrogen (secondary N) is 1. The number of hydrogen-bond acceptors (Lipinski definition) is 0.